The number of benzene rings is 1. The van der Waals surface area contributed by atoms with Crippen molar-refractivity contribution in [3.63, 3.8) is 0 Å². The molecule has 0 aliphatic carbocycles. The van der Waals surface area contributed by atoms with Crippen LogP contribution in [0.2, 0.25) is 15.1 Å². The summed E-state index contributed by atoms with van der Waals surface area (Å²) in [6.45, 7) is 4.78. The average molecular weight is 336 g/mol. The summed E-state index contributed by atoms with van der Waals surface area (Å²) in [6.07, 6.45) is 1.87. The van der Waals surface area contributed by atoms with E-state index in [-0.39, 0.29) is 6.04 Å². The highest BCUT2D eigenvalue weighted by molar-refractivity contribution is 7.11. The largest absolute Gasteiger partial charge is 0.304 e. The van der Waals surface area contributed by atoms with Crippen molar-refractivity contribution in [1.29, 1.82) is 0 Å². The molecule has 1 N–H and O–H groups in total. The van der Waals surface area contributed by atoms with Gasteiger partial charge in [0.05, 0.1) is 15.1 Å². The van der Waals surface area contributed by atoms with Crippen LogP contribution in [0.3, 0.4) is 0 Å². The molecule has 102 valence electrons. The summed E-state index contributed by atoms with van der Waals surface area (Å²) in [5, 5.41) is 5.81. The summed E-state index contributed by atoms with van der Waals surface area (Å²) in [6, 6.07) is 3.73. The van der Waals surface area contributed by atoms with E-state index >= 15 is 0 Å². The third-order valence-electron chi connectivity index (χ3n) is 2.76. The van der Waals surface area contributed by atoms with Gasteiger partial charge in [0.1, 0.15) is 5.01 Å². The van der Waals surface area contributed by atoms with Gasteiger partial charge in [-0.05, 0) is 25.5 Å². The van der Waals surface area contributed by atoms with E-state index in [4.69, 9.17) is 34.8 Å². The maximum absolute atomic E-state index is 6.21. The van der Waals surface area contributed by atoms with E-state index in [1.807, 2.05) is 26.1 Å². The van der Waals surface area contributed by atoms with E-state index in [0.717, 1.165) is 10.6 Å². The first-order valence-corrected chi connectivity index (χ1v) is 7.72. The first kappa shape index (κ1) is 15.1. The van der Waals surface area contributed by atoms with Gasteiger partial charge >= 0.3 is 0 Å². The van der Waals surface area contributed by atoms with Crippen molar-refractivity contribution in [2.45, 2.75) is 26.4 Å². The van der Waals surface area contributed by atoms with Gasteiger partial charge in [0.15, 0.2) is 0 Å². The van der Waals surface area contributed by atoms with E-state index in [2.05, 4.69) is 10.3 Å². The van der Waals surface area contributed by atoms with Crippen LogP contribution in [-0.4, -0.2) is 4.98 Å². The molecular weight excluding hydrogens is 323 g/mol. The normalized spacial score (nSPS) is 12.7. The molecule has 0 fully saturated rings. The van der Waals surface area contributed by atoms with Gasteiger partial charge in [0.25, 0.3) is 0 Å². The number of thiazole rings is 1. The minimum absolute atomic E-state index is 0.0754. The Bertz CT molecular complexity index is 583. The molecule has 0 aliphatic heterocycles. The van der Waals surface area contributed by atoms with Gasteiger partial charge in [-0.15, -0.1) is 11.3 Å². The topological polar surface area (TPSA) is 24.9 Å². The fourth-order valence-electron chi connectivity index (χ4n) is 1.71. The molecule has 2 rings (SSSR count). The van der Waals surface area contributed by atoms with Crippen LogP contribution in [0.1, 0.15) is 28.4 Å². The van der Waals surface area contributed by atoms with Crippen molar-refractivity contribution in [2.75, 3.05) is 0 Å². The Morgan fingerprint density at radius 2 is 2.00 bits per heavy atom. The van der Waals surface area contributed by atoms with Crippen LogP contribution in [0.25, 0.3) is 0 Å². The van der Waals surface area contributed by atoms with E-state index in [1.54, 1.807) is 17.4 Å². The lowest BCUT2D eigenvalue weighted by Gasteiger charge is -2.16. The van der Waals surface area contributed by atoms with E-state index in [1.165, 1.54) is 4.88 Å². The fraction of sp³-hybridized carbons (Fsp3) is 0.308. The highest BCUT2D eigenvalue weighted by Gasteiger charge is 2.14. The molecule has 1 atom stereocenters. The second kappa shape index (κ2) is 6.42. The van der Waals surface area contributed by atoms with Crippen molar-refractivity contribution in [2.24, 2.45) is 0 Å². The zero-order valence-corrected chi connectivity index (χ0v) is 13.6. The molecular formula is C13H13Cl3N2S. The molecule has 1 heterocycles. The van der Waals surface area contributed by atoms with Crippen LogP contribution in [0.4, 0.5) is 0 Å². The molecule has 0 aliphatic rings. The van der Waals surface area contributed by atoms with Crippen molar-refractivity contribution < 1.29 is 0 Å². The van der Waals surface area contributed by atoms with E-state index in [0.29, 0.717) is 21.6 Å². The van der Waals surface area contributed by atoms with Crippen LogP contribution in [0.5, 0.6) is 0 Å². The molecule has 2 aromatic rings. The number of hydrogen-bond acceptors (Lipinski definition) is 3. The van der Waals surface area contributed by atoms with Crippen LogP contribution in [0.15, 0.2) is 18.3 Å². The number of aryl methyl sites for hydroxylation is 1. The van der Waals surface area contributed by atoms with Gasteiger partial charge in [-0.1, -0.05) is 40.9 Å². The lowest BCUT2D eigenvalue weighted by Crippen LogP contribution is -2.18. The number of aromatic nitrogens is 1. The summed E-state index contributed by atoms with van der Waals surface area (Å²) in [7, 11) is 0. The van der Waals surface area contributed by atoms with Gasteiger partial charge in [-0.3, -0.25) is 0 Å². The maximum atomic E-state index is 6.21. The Morgan fingerprint density at radius 3 is 2.63 bits per heavy atom. The fourth-order valence-corrected chi connectivity index (χ4v) is 3.15. The molecule has 0 bridgehead atoms. The quantitative estimate of drug-likeness (QED) is 0.771. The molecule has 0 saturated carbocycles. The summed E-state index contributed by atoms with van der Waals surface area (Å²) in [5.74, 6) is 0. The molecule has 1 aromatic carbocycles. The molecule has 0 amide bonds. The Morgan fingerprint density at radius 1 is 1.26 bits per heavy atom. The van der Waals surface area contributed by atoms with Crippen LogP contribution >= 0.6 is 46.1 Å². The van der Waals surface area contributed by atoms with Crippen molar-refractivity contribution in [3.05, 3.63) is 48.8 Å². The zero-order chi connectivity index (χ0) is 14.0. The number of nitrogens with zero attached hydrogens (tertiary/aromatic N) is 1. The smallest absolute Gasteiger partial charge is 0.107 e. The first-order valence-electron chi connectivity index (χ1n) is 5.77. The van der Waals surface area contributed by atoms with Crippen LogP contribution in [-0.2, 0) is 6.54 Å². The van der Waals surface area contributed by atoms with Gasteiger partial charge < -0.3 is 5.32 Å². The number of hydrogen-bond donors (Lipinski definition) is 1. The molecule has 6 heteroatoms. The predicted octanol–water partition coefficient (Wildman–Crippen LogP) is 5.26. The summed E-state index contributed by atoms with van der Waals surface area (Å²) in [5.41, 5.74) is 0.935. The minimum Gasteiger partial charge on any atom is -0.304 e. The third kappa shape index (κ3) is 3.61. The Labute approximate surface area is 131 Å². The average Bonchev–Trinajstić information content (AvgIpc) is 2.79. The summed E-state index contributed by atoms with van der Waals surface area (Å²) >= 11 is 19.9. The minimum atomic E-state index is 0.0754. The Hall–Kier alpha value is -0.320. The highest BCUT2D eigenvalue weighted by atomic mass is 35.5. The summed E-state index contributed by atoms with van der Waals surface area (Å²) < 4.78 is 0. The van der Waals surface area contributed by atoms with Crippen LogP contribution in [0, 0.1) is 6.92 Å². The second-order valence-electron chi connectivity index (χ2n) is 4.23. The molecule has 1 aromatic heterocycles. The number of halogens is 3. The predicted molar refractivity (Wildman–Crippen MR) is 83.6 cm³/mol. The monoisotopic (exact) mass is 334 g/mol. The number of nitrogens with one attached hydrogen (secondary N) is 1. The SMILES string of the molecule is Cc1cnc(CNC(C)c2ccc(Cl)c(Cl)c2Cl)s1. The van der Waals surface area contributed by atoms with Crippen molar-refractivity contribution >= 4 is 46.1 Å². The summed E-state index contributed by atoms with van der Waals surface area (Å²) in [4.78, 5) is 5.52. The van der Waals surface area contributed by atoms with Crippen molar-refractivity contribution in [3.8, 4) is 0 Å². The first-order chi connectivity index (χ1) is 8.99. The highest BCUT2D eigenvalue weighted by Crippen LogP contribution is 2.35. The van der Waals surface area contributed by atoms with Gasteiger partial charge in [-0.25, -0.2) is 4.98 Å². The van der Waals surface area contributed by atoms with Crippen molar-refractivity contribution in [1.82, 2.24) is 10.3 Å². The second-order valence-corrected chi connectivity index (χ2v) is 6.71. The van der Waals surface area contributed by atoms with E-state index in [9.17, 15) is 0 Å². The van der Waals surface area contributed by atoms with E-state index < -0.39 is 0 Å². The molecule has 0 radical (unpaired) electrons. The Balaban J connectivity index is 2.08. The zero-order valence-electron chi connectivity index (χ0n) is 10.5. The third-order valence-corrected chi connectivity index (χ3v) is 4.98. The number of rotatable bonds is 4. The standard InChI is InChI=1S/C13H13Cl3N2S/c1-7-5-18-11(19-7)6-17-8(2)9-3-4-10(14)13(16)12(9)15/h3-5,8,17H,6H2,1-2H3. The molecule has 19 heavy (non-hydrogen) atoms. The lowest BCUT2D eigenvalue weighted by molar-refractivity contribution is 0.573. The molecule has 1 unspecified atom stereocenters. The molecule has 0 saturated heterocycles. The van der Waals surface area contributed by atoms with Gasteiger partial charge in [0.2, 0.25) is 0 Å². The van der Waals surface area contributed by atoms with Gasteiger partial charge in [-0.2, -0.15) is 0 Å². The molecule has 2 nitrogen and oxygen atoms in total. The molecule has 0 spiro atoms. The maximum Gasteiger partial charge on any atom is 0.107 e. The Kier molecular flexibility index (Phi) is 5.09. The van der Waals surface area contributed by atoms with Gasteiger partial charge in [0, 0.05) is 23.7 Å². The lowest BCUT2D eigenvalue weighted by atomic mass is 10.1. The van der Waals surface area contributed by atoms with Crippen LogP contribution < -0.4 is 5.32 Å².